The molecule has 2 heterocycles. The summed E-state index contributed by atoms with van der Waals surface area (Å²) in [6.45, 7) is 0. The summed E-state index contributed by atoms with van der Waals surface area (Å²) >= 11 is -0.476. The molecule has 0 unspecified atom stereocenters. The molecule has 0 aliphatic carbocycles. The molecule has 2 rings (SSSR count). The van der Waals surface area contributed by atoms with Crippen LogP contribution in [0.15, 0.2) is 14.5 Å². The lowest BCUT2D eigenvalue weighted by atomic mass is 10.1. The quantitative estimate of drug-likeness (QED) is 0.393. The molecule has 2 aliphatic heterocycles. The third-order valence-electron chi connectivity index (χ3n) is 1.78. The van der Waals surface area contributed by atoms with Crippen LogP contribution < -0.4 is 3.53 Å². The van der Waals surface area contributed by atoms with Gasteiger partial charge in [0.15, 0.2) is 0 Å². The maximum atomic E-state index is 11.4. The van der Waals surface area contributed by atoms with E-state index in [-0.39, 0.29) is 18.2 Å². The number of rotatable bonds is 0. The number of imide groups is 1. The van der Waals surface area contributed by atoms with Crippen LogP contribution in [0, 0.1) is 0 Å². The zero-order chi connectivity index (χ0) is 8.72. The van der Waals surface area contributed by atoms with Crippen LogP contribution in [0.2, 0.25) is 0 Å². The molecule has 0 radical (unpaired) electrons. The number of likely N-dealkylation sites (N-methyl/N-ethyl adjacent to an activating group) is 1. The number of carbonyl (C=O) groups excluding carboxylic acids is 2. The van der Waals surface area contributed by atoms with Crippen molar-refractivity contribution in [2.24, 2.45) is 3.15 Å². The SMILES string of the molecule is CN1C(=O)CC2=C(NI=N2)C1=O. The Kier molecular flexibility index (Phi) is 1.71. The number of nitrogens with one attached hydrogen (secondary N) is 1. The van der Waals surface area contributed by atoms with E-state index in [2.05, 4.69) is 6.68 Å². The fraction of sp³-hybridized carbons (Fsp3) is 0.333. The molecule has 6 heteroatoms. The van der Waals surface area contributed by atoms with Crippen molar-refractivity contribution in [1.82, 2.24) is 8.43 Å². The second-order valence-corrected chi connectivity index (χ2v) is 4.02. The largest absolute Gasteiger partial charge is 0.313 e. The standard InChI is InChI=1S/C6H6IN3O2/c1-10-4(11)2-3-5(6(10)12)9-7-8-3/h2H2,1H3,(H,8,9). The third-order valence-corrected chi connectivity index (χ3v) is 3.39. The van der Waals surface area contributed by atoms with E-state index in [4.69, 9.17) is 0 Å². The highest BCUT2D eigenvalue weighted by molar-refractivity contribution is 14.1. The van der Waals surface area contributed by atoms with E-state index in [1.165, 1.54) is 7.05 Å². The van der Waals surface area contributed by atoms with Crippen LogP contribution in [0.4, 0.5) is 0 Å². The number of carbonyl (C=O) groups is 2. The summed E-state index contributed by atoms with van der Waals surface area (Å²) in [5.41, 5.74) is 1.18. The molecule has 64 valence electrons. The van der Waals surface area contributed by atoms with Gasteiger partial charge in [-0.05, 0) is 0 Å². The number of nitrogens with zero attached hydrogens (tertiary/aromatic N) is 2. The molecule has 5 nitrogen and oxygen atoms in total. The summed E-state index contributed by atoms with van der Waals surface area (Å²) in [7, 11) is 1.49. The highest BCUT2D eigenvalue weighted by Gasteiger charge is 2.32. The van der Waals surface area contributed by atoms with Gasteiger partial charge in [0.25, 0.3) is 5.91 Å². The monoisotopic (exact) mass is 279 g/mol. The van der Waals surface area contributed by atoms with Gasteiger partial charge >= 0.3 is 0 Å². The smallest absolute Gasteiger partial charge is 0.278 e. The minimum atomic E-state index is -0.476. The normalized spacial score (nSPS) is 22.2. The van der Waals surface area contributed by atoms with Crippen LogP contribution in [-0.4, -0.2) is 23.8 Å². The van der Waals surface area contributed by atoms with Crippen molar-refractivity contribution in [3.05, 3.63) is 11.4 Å². The summed E-state index contributed by atoms with van der Waals surface area (Å²) in [5.74, 6) is -0.419. The van der Waals surface area contributed by atoms with Gasteiger partial charge < -0.3 is 3.53 Å². The topological polar surface area (TPSA) is 61.8 Å². The Balaban J connectivity index is 2.42. The van der Waals surface area contributed by atoms with E-state index in [1.807, 2.05) is 0 Å². The van der Waals surface area contributed by atoms with Crippen LogP contribution in [0.1, 0.15) is 6.42 Å². The van der Waals surface area contributed by atoms with E-state index < -0.39 is 21.3 Å². The first-order valence-corrected chi connectivity index (χ1v) is 5.39. The molecule has 0 bridgehead atoms. The molecule has 0 saturated carbocycles. The Hall–Kier alpha value is -0.790. The Morgan fingerprint density at radius 1 is 1.58 bits per heavy atom. The molecular weight excluding hydrogens is 273 g/mol. The molecular formula is C6H6IN3O2. The van der Waals surface area contributed by atoms with Gasteiger partial charge in [-0.1, -0.05) is 0 Å². The van der Waals surface area contributed by atoms with Gasteiger partial charge in [-0.25, -0.2) is 3.15 Å². The van der Waals surface area contributed by atoms with Crippen LogP contribution in [0.25, 0.3) is 0 Å². The van der Waals surface area contributed by atoms with Crippen molar-refractivity contribution in [3.63, 3.8) is 0 Å². The predicted molar refractivity (Wildman–Crippen MR) is 49.0 cm³/mol. The van der Waals surface area contributed by atoms with Crippen LogP contribution >= 0.6 is 21.3 Å². The van der Waals surface area contributed by atoms with Gasteiger partial charge in [0.05, 0.1) is 12.1 Å². The second-order valence-electron chi connectivity index (χ2n) is 2.52. The van der Waals surface area contributed by atoms with E-state index >= 15 is 0 Å². The van der Waals surface area contributed by atoms with Crippen molar-refractivity contribution in [2.75, 3.05) is 7.05 Å². The molecule has 0 spiro atoms. The van der Waals surface area contributed by atoms with Crippen LogP contribution in [-0.2, 0) is 9.59 Å². The molecule has 0 fully saturated rings. The van der Waals surface area contributed by atoms with Gasteiger partial charge in [0, 0.05) is 7.05 Å². The molecule has 1 N–H and O–H groups in total. The van der Waals surface area contributed by atoms with Gasteiger partial charge in [-0.2, -0.15) is 0 Å². The highest BCUT2D eigenvalue weighted by Crippen LogP contribution is 2.27. The summed E-state index contributed by atoms with van der Waals surface area (Å²) in [6.07, 6.45) is 0.268. The lowest BCUT2D eigenvalue weighted by Crippen LogP contribution is -2.39. The van der Waals surface area contributed by atoms with Gasteiger partial charge in [-0.3, -0.25) is 14.5 Å². The molecule has 0 aromatic heterocycles. The lowest BCUT2D eigenvalue weighted by molar-refractivity contribution is -0.141. The summed E-state index contributed by atoms with van der Waals surface area (Å²) in [4.78, 5) is 23.6. The fourth-order valence-corrected chi connectivity index (χ4v) is 2.64. The second kappa shape index (κ2) is 2.61. The van der Waals surface area contributed by atoms with E-state index in [0.717, 1.165) is 4.90 Å². The summed E-state index contributed by atoms with van der Waals surface area (Å²) in [5, 5.41) is 0. The minimum Gasteiger partial charge on any atom is -0.313 e. The molecule has 0 saturated heterocycles. The molecule has 2 aliphatic rings. The van der Waals surface area contributed by atoms with Crippen molar-refractivity contribution in [3.8, 4) is 0 Å². The number of hydrogen-bond acceptors (Lipinski definition) is 4. The fourth-order valence-electron chi connectivity index (χ4n) is 1.04. The average Bonchev–Trinajstić information content (AvgIpc) is 2.48. The Morgan fingerprint density at radius 3 is 3.08 bits per heavy atom. The highest BCUT2D eigenvalue weighted by atomic mass is 127. The maximum Gasteiger partial charge on any atom is 0.278 e. The van der Waals surface area contributed by atoms with Crippen molar-refractivity contribution in [1.29, 1.82) is 0 Å². The predicted octanol–water partition coefficient (Wildman–Crippen LogP) is 0.259. The van der Waals surface area contributed by atoms with Crippen LogP contribution in [0.3, 0.4) is 0 Å². The number of amides is 2. The molecule has 0 aromatic carbocycles. The molecule has 0 aromatic rings. The Labute approximate surface area is 79.3 Å². The zero-order valence-electron chi connectivity index (χ0n) is 6.30. The number of hydrogen-bond donors (Lipinski definition) is 1. The Morgan fingerprint density at radius 2 is 2.33 bits per heavy atom. The lowest BCUT2D eigenvalue weighted by Gasteiger charge is -2.20. The van der Waals surface area contributed by atoms with E-state index in [1.54, 1.807) is 0 Å². The van der Waals surface area contributed by atoms with E-state index in [0.29, 0.717) is 11.4 Å². The molecule has 12 heavy (non-hydrogen) atoms. The summed E-state index contributed by atoms with van der Waals surface area (Å²) < 4.78 is 7.04. The summed E-state index contributed by atoms with van der Waals surface area (Å²) in [6, 6.07) is 0. The zero-order valence-corrected chi connectivity index (χ0v) is 8.45. The van der Waals surface area contributed by atoms with Gasteiger partial charge in [-0.15, -0.1) is 0 Å². The molecule has 0 atom stereocenters. The van der Waals surface area contributed by atoms with Crippen molar-refractivity contribution < 1.29 is 9.59 Å². The Bertz CT molecular complexity index is 334. The van der Waals surface area contributed by atoms with Crippen molar-refractivity contribution >= 4 is 33.1 Å². The van der Waals surface area contributed by atoms with Crippen molar-refractivity contribution in [2.45, 2.75) is 6.42 Å². The first-order valence-electron chi connectivity index (χ1n) is 3.34. The van der Waals surface area contributed by atoms with Crippen LogP contribution in [0.5, 0.6) is 0 Å². The maximum absolute atomic E-state index is 11.4. The minimum absolute atomic E-state index is 0.171. The first-order chi connectivity index (χ1) is 5.70. The van der Waals surface area contributed by atoms with Gasteiger partial charge in [0.2, 0.25) is 5.91 Å². The molecule has 2 amide bonds. The van der Waals surface area contributed by atoms with Gasteiger partial charge in [0.1, 0.15) is 27.0 Å². The number of halogens is 1. The third kappa shape index (κ3) is 0.977. The van der Waals surface area contributed by atoms with E-state index in [9.17, 15) is 9.59 Å². The first kappa shape index (κ1) is 7.84. The average molecular weight is 279 g/mol.